The molecule has 0 amide bonds. The second-order valence-electron chi connectivity index (χ2n) is 14.5. The Bertz CT molecular complexity index is 3330. The van der Waals surface area contributed by atoms with Gasteiger partial charge in [0.1, 0.15) is 0 Å². The van der Waals surface area contributed by atoms with Gasteiger partial charge in [-0.05, 0) is 89.0 Å². The standard InChI is InChI=1S/C53H35N3O/c57-53-50(37-20-8-2-9-21-37)49(36-18-6-1-7-19-36)52-51(56(53)42-26-14-5-15-27-42)45-35-39(31-33-48(45)55(52)41-24-12-4-13-25-41)38-30-32-47-44(34-38)43-28-16-17-29-46(43)54(47)40-22-10-3-11-23-40/h1-35H. The molecular weight excluding hydrogens is 695 g/mol. The fourth-order valence-corrected chi connectivity index (χ4v) is 8.78. The summed E-state index contributed by atoms with van der Waals surface area (Å²) in [6, 6.07) is 73.8. The molecule has 11 aromatic rings. The quantitative estimate of drug-likeness (QED) is 0.168. The molecule has 0 aliphatic rings. The first-order chi connectivity index (χ1) is 28.2. The van der Waals surface area contributed by atoms with Gasteiger partial charge in [0.15, 0.2) is 0 Å². The van der Waals surface area contributed by atoms with Crippen LogP contribution in [0.15, 0.2) is 217 Å². The Morgan fingerprint density at radius 1 is 0.281 bits per heavy atom. The molecule has 268 valence electrons. The number of nitrogens with zero attached hydrogens (tertiary/aromatic N) is 3. The number of rotatable bonds is 6. The topological polar surface area (TPSA) is 31.9 Å². The van der Waals surface area contributed by atoms with Gasteiger partial charge in [0.05, 0.1) is 33.1 Å². The van der Waals surface area contributed by atoms with Crippen LogP contribution in [0.4, 0.5) is 0 Å². The van der Waals surface area contributed by atoms with Crippen molar-refractivity contribution in [1.29, 1.82) is 0 Å². The van der Waals surface area contributed by atoms with E-state index in [0.29, 0.717) is 5.56 Å². The smallest absolute Gasteiger partial charge is 0.264 e. The molecular formula is C53H35N3O. The minimum absolute atomic E-state index is 0.0635. The molecule has 0 aliphatic heterocycles. The van der Waals surface area contributed by atoms with Crippen LogP contribution in [0.3, 0.4) is 0 Å². The zero-order valence-corrected chi connectivity index (χ0v) is 31.0. The van der Waals surface area contributed by atoms with Crippen molar-refractivity contribution in [3.8, 4) is 50.4 Å². The van der Waals surface area contributed by atoms with Crippen molar-refractivity contribution in [1.82, 2.24) is 13.7 Å². The Morgan fingerprint density at radius 3 is 1.28 bits per heavy atom. The summed E-state index contributed by atoms with van der Waals surface area (Å²) in [6.45, 7) is 0. The summed E-state index contributed by atoms with van der Waals surface area (Å²) in [5.74, 6) is 0. The van der Waals surface area contributed by atoms with Crippen molar-refractivity contribution in [2.75, 3.05) is 0 Å². The van der Waals surface area contributed by atoms with Gasteiger partial charge in [-0.3, -0.25) is 9.36 Å². The number of hydrogen-bond acceptors (Lipinski definition) is 1. The van der Waals surface area contributed by atoms with Gasteiger partial charge < -0.3 is 9.13 Å². The summed E-state index contributed by atoms with van der Waals surface area (Å²) in [6.07, 6.45) is 0. The van der Waals surface area contributed by atoms with Gasteiger partial charge in [0.25, 0.3) is 5.56 Å². The summed E-state index contributed by atoms with van der Waals surface area (Å²) in [5, 5.41) is 3.40. The van der Waals surface area contributed by atoms with Gasteiger partial charge >= 0.3 is 0 Å². The lowest BCUT2D eigenvalue weighted by Gasteiger charge is -2.19. The maximum Gasteiger partial charge on any atom is 0.264 e. The highest BCUT2D eigenvalue weighted by Gasteiger charge is 2.27. The van der Waals surface area contributed by atoms with E-state index in [1.165, 1.54) is 16.3 Å². The Morgan fingerprint density at radius 2 is 0.702 bits per heavy atom. The number of aromatic nitrogens is 3. The van der Waals surface area contributed by atoms with Crippen LogP contribution in [-0.4, -0.2) is 13.7 Å². The highest BCUT2D eigenvalue weighted by molar-refractivity contribution is 6.16. The van der Waals surface area contributed by atoms with Crippen LogP contribution in [0.5, 0.6) is 0 Å². The molecule has 3 heterocycles. The van der Waals surface area contributed by atoms with Gasteiger partial charge in [0, 0.05) is 38.8 Å². The average molecular weight is 730 g/mol. The lowest BCUT2D eigenvalue weighted by molar-refractivity contribution is 1.05. The Labute approximate surface area is 329 Å². The number of benzene rings is 8. The lowest BCUT2D eigenvalue weighted by Crippen LogP contribution is -2.22. The normalized spacial score (nSPS) is 11.6. The van der Waals surface area contributed by atoms with E-state index >= 15 is 4.79 Å². The van der Waals surface area contributed by atoms with Crippen LogP contribution in [0.2, 0.25) is 0 Å². The van der Waals surface area contributed by atoms with Gasteiger partial charge in [-0.2, -0.15) is 0 Å². The van der Waals surface area contributed by atoms with Gasteiger partial charge in [-0.25, -0.2) is 0 Å². The molecule has 0 fully saturated rings. The summed E-state index contributed by atoms with van der Waals surface area (Å²) < 4.78 is 6.63. The number of pyridine rings is 1. The summed E-state index contributed by atoms with van der Waals surface area (Å²) in [4.78, 5) is 15.5. The van der Waals surface area contributed by atoms with E-state index in [0.717, 1.165) is 72.3 Å². The van der Waals surface area contributed by atoms with Crippen molar-refractivity contribution in [2.24, 2.45) is 0 Å². The molecule has 0 unspecified atom stereocenters. The first kappa shape index (κ1) is 32.7. The molecule has 4 nitrogen and oxygen atoms in total. The molecule has 8 aromatic carbocycles. The van der Waals surface area contributed by atoms with E-state index in [1.807, 2.05) is 77.4 Å². The maximum absolute atomic E-state index is 15.5. The molecule has 0 aliphatic carbocycles. The van der Waals surface area contributed by atoms with Crippen LogP contribution < -0.4 is 5.56 Å². The zero-order chi connectivity index (χ0) is 37.9. The second-order valence-corrected chi connectivity index (χ2v) is 14.5. The number of hydrogen-bond donors (Lipinski definition) is 0. The molecule has 4 heteroatoms. The molecule has 0 bridgehead atoms. The first-order valence-corrected chi connectivity index (χ1v) is 19.3. The third-order valence-electron chi connectivity index (χ3n) is 11.2. The van der Waals surface area contributed by atoms with Crippen molar-refractivity contribution in [3.63, 3.8) is 0 Å². The summed E-state index contributed by atoms with van der Waals surface area (Å²) in [5.41, 5.74) is 13.7. The summed E-state index contributed by atoms with van der Waals surface area (Å²) in [7, 11) is 0. The fraction of sp³-hybridized carbons (Fsp3) is 0. The molecule has 0 N–H and O–H groups in total. The van der Waals surface area contributed by atoms with E-state index in [4.69, 9.17) is 0 Å². The predicted octanol–water partition coefficient (Wildman–Crippen LogP) is 13.0. The van der Waals surface area contributed by atoms with Crippen molar-refractivity contribution < 1.29 is 0 Å². The third-order valence-corrected chi connectivity index (χ3v) is 11.2. The zero-order valence-electron chi connectivity index (χ0n) is 31.0. The van der Waals surface area contributed by atoms with Crippen molar-refractivity contribution in [3.05, 3.63) is 223 Å². The second kappa shape index (κ2) is 13.3. The predicted molar refractivity (Wildman–Crippen MR) is 237 cm³/mol. The molecule has 0 atom stereocenters. The molecule has 0 saturated carbocycles. The highest BCUT2D eigenvalue weighted by atomic mass is 16.1. The van der Waals surface area contributed by atoms with E-state index in [9.17, 15) is 0 Å². The van der Waals surface area contributed by atoms with Gasteiger partial charge in [0.2, 0.25) is 0 Å². The van der Waals surface area contributed by atoms with Crippen LogP contribution >= 0.6 is 0 Å². The molecule has 57 heavy (non-hydrogen) atoms. The summed E-state index contributed by atoms with van der Waals surface area (Å²) >= 11 is 0. The lowest BCUT2D eigenvalue weighted by atomic mass is 9.93. The fourth-order valence-electron chi connectivity index (χ4n) is 8.78. The van der Waals surface area contributed by atoms with Gasteiger partial charge in [-0.15, -0.1) is 0 Å². The van der Waals surface area contributed by atoms with Crippen LogP contribution in [0, 0.1) is 0 Å². The van der Waals surface area contributed by atoms with Crippen LogP contribution in [-0.2, 0) is 0 Å². The van der Waals surface area contributed by atoms with Crippen molar-refractivity contribution >= 4 is 43.7 Å². The van der Waals surface area contributed by atoms with Crippen LogP contribution in [0.1, 0.15) is 0 Å². The molecule has 0 spiro atoms. The maximum atomic E-state index is 15.5. The minimum atomic E-state index is -0.0635. The minimum Gasteiger partial charge on any atom is -0.309 e. The Kier molecular flexibility index (Phi) is 7.61. The third kappa shape index (κ3) is 5.19. The molecule has 11 rings (SSSR count). The van der Waals surface area contributed by atoms with Crippen molar-refractivity contribution in [2.45, 2.75) is 0 Å². The number of fused-ring (bicyclic) bond motifs is 6. The largest absolute Gasteiger partial charge is 0.309 e. The SMILES string of the molecule is O=c1c(-c2ccccc2)c(-c2ccccc2)c2c(c3cc(-c4ccc5c(c4)c4ccccc4n5-c4ccccc4)ccc3n2-c2ccccc2)n1-c1ccccc1. The highest BCUT2D eigenvalue weighted by Crippen LogP contribution is 2.44. The van der Waals surface area contributed by atoms with E-state index in [-0.39, 0.29) is 5.56 Å². The molecule has 3 aromatic heterocycles. The monoisotopic (exact) mass is 729 g/mol. The average Bonchev–Trinajstić information content (AvgIpc) is 3.80. The Hall–Kier alpha value is -7.69. The van der Waals surface area contributed by atoms with E-state index < -0.39 is 0 Å². The van der Waals surface area contributed by atoms with Gasteiger partial charge in [-0.1, -0.05) is 146 Å². The number of para-hydroxylation sites is 4. The molecule has 0 saturated heterocycles. The molecule has 0 radical (unpaired) electrons. The van der Waals surface area contributed by atoms with E-state index in [2.05, 4.69) is 149 Å². The van der Waals surface area contributed by atoms with E-state index in [1.54, 1.807) is 0 Å². The first-order valence-electron chi connectivity index (χ1n) is 19.3. The Balaban J connectivity index is 1.28. The van der Waals surface area contributed by atoms with Crippen LogP contribution in [0.25, 0.3) is 94.2 Å².